The molecule has 1 atom stereocenters. The molecule has 6 nitrogen and oxygen atoms in total. The van der Waals surface area contributed by atoms with E-state index in [1.165, 1.54) is 12.1 Å². The summed E-state index contributed by atoms with van der Waals surface area (Å²) in [5.41, 5.74) is 1.73. The summed E-state index contributed by atoms with van der Waals surface area (Å²) in [6, 6.07) is 6.40. The molecule has 8 heteroatoms. The Morgan fingerprint density at radius 3 is 2.39 bits per heavy atom. The lowest BCUT2D eigenvalue weighted by Gasteiger charge is -2.14. The van der Waals surface area contributed by atoms with E-state index in [9.17, 15) is 18.4 Å². The summed E-state index contributed by atoms with van der Waals surface area (Å²) in [6.45, 7) is 1.84. The Hall–Kier alpha value is -2.77. The Balaban J connectivity index is 2.09. The number of carboxylic acid groups (broad SMARTS) is 1. The molecule has 1 aromatic carbocycles. The quantitative estimate of drug-likeness (QED) is 0.852. The van der Waals surface area contributed by atoms with E-state index in [0.717, 1.165) is 11.4 Å². The fourth-order valence-corrected chi connectivity index (χ4v) is 1.97. The van der Waals surface area contributed by atoms with Crippen molar-refractivity contribution >= 4 is 11.9 Å². The number of aliphatic carboxylic acids is 1. The molecule has 1 aromatic heterocycles. The first-order valence-corrected chi connectivity index (χ1v) is 6.81. The number of aromatic nitrogens is 2. The number of amides is 1. The average molecular weight is 323 g/mol. The van der Waals surface area contributed by atoms with E-state index in [2.05, 4.69) is 10.4 Å². The van der Waals surface area contributed by atoms with Gasteiger partial charge in [0.05, 0.1) is 11.4 Å². The Kier molecular flexibility index (Phi) is 5.05. The first-order chi connectivity index (χ1) is 10.9. The van der Waals surface area contributed by atoms with Crippen LogP contribution < -0.4 is 5.32 Å². The zero-order valence-corrected chi connectivity index (χ0v) is 12.2. The number of carbonyl (C=O) groups excluding carboxylic acids is 1. The number of nitrogens with zero attached hydrogens (tertiary/aromatic N) is 2. The van der Waals surface area contributed by atoms with E-state index in [1.807, 2.05) is 13.0 Å². The van der Waals surface area contributed by atoms with Crippen molar-refractivity contribution in [3.63, 3.8) is 0 Å². The SMILES string of the molecule is Cc1ccn(-c2ccc(C(=O)NC(CC(F)F)C(=O)O)cc2)n1. The third-order valence-corrected chi connectivity index (χ3v) is 3.13. The van der Waals surface area contributed by atoms with Crippen LogP contribution in [-0.4, -0.2) is 39.2 Å². The molecule has 0 saturated heterocycles. The van der Waals surface area contributed by atoms with Gasteiger partial charge in [0, 0.05) is 18.2 Å². The van der Waals surface area contributed by atoms with Crippen LogP contribution in [0.4, 0.5) is 8.78 Å². The standard InChI is InChI=1S/C15H15F2N3O3/c1-9-6-7-20(19-9)11-4-2-10(3-5-11)14(21)18-12(15(22)23)8-13(16)17/h2-7,12-13H,8H2,1H3,(H,18,21)(H,22,23). The molecule has 2 aromatic rings. The van der Waals surface area contributed by atoms with Crippen LogP contribution >= 0.6 is 0 Å². The highest BCUT2D eigenvalue weighted by molar-refractivity contribution is 5.96. The van der Waals surface area contributed by atoms with Crippen molar-refractivity contribution in [3.8, 4) is 5.69 Å². The molecule has 0 radical (unpaired) electrons. The first-order valence-electron chi connectivity index (χ1n) is 6.81. The third kappa shape index (κ3) is 4.35. The molecule has 2 rings (SSSR count). The molecule has 2 N–H and O–H groups in total. The van der Waals surface area contributed by atoms with Gasteiger partial charge < -0.3 is 10.4 Å². The van der Waals surface area contributed by atoms with Gasteiger partial charge in [0.25, 0.3) is 5.91 Å². The largest absolute Gasteiger partial charge is 0.480 e. The van der Waals surface area contributed by atoms with Crippen molar-refractivity contribution in [2.24, 2.45) is 0 Å². The maximum atomic E-state index is 12.3. The molecule has 0 bridgehead atoms. The third-order valence-electron chi connectivity index (χ3n) is 3.13. The van der Waals surface area contributed by atoms with Crippen LogP contribution in [0.15, 0.2) is 36.5 Å². The van der Waals surface area contributed by atoms with Gasteiger partial charge >= 0.3 is 5.97 Å². The van der Waals surface area contributed by atoms with Crippen LogP contribution in [0.1, 0.15) is 22.5 Å². The fraction of sp³-hybridized carbons (Fsp3) is 0.267. The normalized spacial score (nSPS) is 12.2. The number of carboxylic acids is 1. The van der Waals surface area contributed by atoms with E-state index >= 15 is 0 Å². The zero-order chi connectivity index (χ0) is 17.0. The number of halogens is 2. The highest BCUT2D eigenvalue weighted by Crippen LogP contribution is 2.11. The van der Waals surface area contributed by atoms with Gasteiger partial charge in [-0.05, 0) is 37.3 Å². The van der Waals surface area contributed by atoms with Crippen LogP contribution in [0, 0.1) is 6.92 Å². The Bertz CT molecular complexity index is 698. The molecule has 0 spiro atoms. The Morgan fingerprint density at radius 1 is 1.26 bits per heavy atom. The molecule has 0 aliphatic heterocycles. The summed E-state index contributed by atoms with van der Waals surface area (Å²) in [4.78, 5) is 22.8. The first kappa shape index (κ1) is 16.6. The van der Waals surface area contributed by atoms with Crippen molar-refractivity contribution in [1.29, 1.82) is 0 Å². The molecule has 0 fully saturated rings. The monoisotopic (exact) mass is 323 g/mol. The van der Waals surface area contributed by atoms with Gasteiger partial charge in [-0.15, -0.1) is 0 Å². The second-order valence-corrected chi connectivity index (χ2v) is 4.94. The van der Waals surface area contributed by atoms with Gasteiger partial charge in [-0.3, -0.25) is 4.79 Å². The van der Waals surface area contributed by atoms with E-state index in [1.54, 1.807) is 23.0 Å². The number of benzene rings is 1. The lowest BCUT2D eigenvalue weighted by Crippen LogP contribution is -2.42. The van der Waals surface area contributed by atoms with Crippen molar-refractivity contribution in [1.82, 2.24) is 15.1 Å². The topological polar surface area (TPSA) is 84.2 Å². The van der Waals surface area contributed by atoms with Crippen molar-refractivity contribution in [2.45, 2.75) is 25.8 Å². The highest BCUT2D eigenvalue weighted by Gasteiger charge is 2.24. The molecule has 1 unspecified atom stereocenters. The molecule has 23 heavy (non-hydrogen) atoms. The average Bonchev–Trinajstić information content (AvgIpc) is 2.92. The molecule has 0 aliphatic rings. The number of alkyl halides is 2. The molecule has 1 amide bonds. The second-order valence-electron chi connectivity index (χ2n) is 4.94. The number of hydrogen-bond donors (Lipinski definition) is 2. The zero-order valence-electron chi connectivity index (χ0n) is 12.2. The number of aryl methyl sites for hydroxylation is 1. The lowest BCUT2D eigenvalue weighted by molar-refractivity contribution is -0.140. The fourth-order valence-electron chi connectivity index (χ4n) is 1.97. The minimum absolute atomic E-state index is 0.179. The van der Waals surface area contributed by atoms with E-state index < -0.39 is 30.8 Å². The predicted octanol–water partition coefficient (Wildman–Crippen LogP) is 2.02. The van der Waals surface area contributed by atoms with Gasteiger partial charge in [0.15, 0.2) is 0 Å². The van der Waals surface area contributed by atoms with Crippen LogP contribution in [0.25, 0.3) is 5.69 Å². The van der Waals surface area contributed by atoms with Crippen LogP contribution in [-0.2, 0) is 4.79 Å². The smallest absolute Gasteiger partial charge is 0.326 e. The summed E-state index contributed by atoms with van der Waals surface area (Å²) < 4.78 is 26.3. The van der Waals surface area contributed by atoms with Gasteiger partial charge in [-0.25, -0.2) is 18.3 Å². The summed E-state index contributed by atoms with van der Waals surface area (Å²) in [7, 11) is 0. The van der Waals surface area contributed by atoms with Gasteiger partial charge in [0.1, 0.15) is 6.04 Å². The van der Waals surface area contributed by atoms with E-state index in [4.69, 9.17) is 5.11 Å². The number of hydrogen-bond acceptors (Lipinski definition) is 3. The van der Waals surface area contributed by atoms with Gasteiger partial charge in [-0.1, -0.05) is 0 Å². The maximum Gasteiger partial charge on any atom is 0.326 e. The summed E-state index contributed by atoms with van der Waals surface area (Å²) in [6.07, 6.45) is -2.00. The van der Waals surface area contributed by atoms with Crippen molar-refractivity contribution in [3.05, 3.63) is 47.8 Å². The molecule has 1 heterocycles. The molecule has 0 aliphatic carbocycles. The Labute approximate surface area is 130 Å². The van der Waals surface area contributed by atoms with Crippen molar-refractivity contribution < 1.29 is 23.5 Å². The molecular weight excluding hydrogens is 308 g/mol. The maximum absolute atomic E-state index is 12.3. The highest BCUT2D eigenvalue weighted by atomic mass is 19.3. The minimum Gasteiger partial charge on any atom is -0.480 e. The van der Waals surface area contributed by atoms with Gasteiger partial charge in [0.2, 0.25) is 6.43 Å². The Morgan fingerprint density at radius 2 is 1.91 bits per heavy atom. The molecule has 122 valence electrons. The second kappa shape index (κ2) is 6.99. The van der Waals surface area contributed by atoms with Gasteiger partial charge in [-0.2, -0.15) is 5.10 Å². The van der Waals surface area contributed by atoms with Crippen LogP contribution in [0.5, 0.6) is 0 Å². The summed E-state index contributed by atoms with van der Waals surface area (Å²) in [5.74, 6) is -2.22. The number of nitrogens with one attached hydrogen (secondary N) is 1. The van der Waals surface area contributed by atoms with E-state index in [0.29, 0.717) is 0 Å². The number of carbonyl (C=O) groups is 2. The predicted molar refractivity (Wildman–Crippen MR) is 77.8 cm³/mol. The lowest BCUT2D eigenvalue weighted by atomic mass is 10.1. The summed E-state index contributed by atoms with van der Waals surface area (Å²) in [5, 5.41) is 15.2. The summed E-state index contributed by atoms with van der Waals surface area (Å²) >= 11 is 0. The molecule has 0 saturated carbocycles. The van der Waals surface area contributed by atoms with Crippen LogP contribution in [0.2, 0.25) is 0 Å². The van der Waals surface area contributed by atoms with Crippen LogP contribution in [0.3, 0.4) is 0 Å². The molecular formula is C15H15F2N3O3. The minimum atomic E-state index is -2.82. The van der Waals surface area contributed by atoms with E-state index in [-0.39, 0.29) is 5.56 Å². The number of rotatable bonds is 6. The van der Waals surface area contributed by atoms with Crippen molar-refractivity contribution in [2.75, 3.05) is 0 Å².